The lowest BCUT2D eigenvalue weighted by Crippen LogP contribution is -2.18. The molecule has 0 radical (unpaired) electrons. The van der Waals surface area contributed by atoms with Crippen molar-refractivity contribution in [1.29, 1.82) is 0 Å². The molecular formula is C13H9ClF2N4O. The predicted octanol–water partition coefficient (Wildman–Crippen LogP) is 2.36. The van der Waals surface area contributed by atoms with E-state index in [1.165, 1.54) is 12.4 Å². The molecule has 1 amide bonds. The molecular weight excluding hydrogens is 302 g/mol. The smallest absolute Gasteiger partial charge is 0.272 e. The number of nitrogens with zero attached hydrogens (tertiary/aromatic N) is 2. The van der Waals surface area contributed by atoms with Gasteiger partial charge >= 0.3 is 0 Å². The molecule has 0 saturated heterocycles. The third-order valence-electron chi connectivity index (χ3n) is 2.44. The van der Waals surface area contributed by atoms with E-state index in [-0.39, 0.29) is 10.6 Å². The Hall–Kier alpha value is -2.54. The van der Waals surface area contributed by atoms with Crippen LogP contribution in [0.3, 0.4) is 0 Å². The quantitative estimate of drug-likeness (QED) is 0.519. The van der Waals surface area contributed by atoms with Gasteiger partial charge in [-0.05, 0) is 24.3 Å². The molecule has 0 saturated carbocycles. The minimum absolute atomic E-state index is 0.212. The van der Waals surface area contributed by atoms with Crippen LogP contribution < -0.4 is 11.2 Å². The van der Waals surface area contributed by atoms with E-state index in [4.69, 9.17) is 17.3 Å². The number of aromatic nitrogens is 1. The van der Waals surface area contributed by atoms with Crippen molar-refractivity contribution >= 4 is 29.5 Å². The SMILES string of the molecule is Nc1ccc(/C=N/NC(=O)c2cc(F)c(F)cc2Cl)cn1. The Balaban J connectivity index is 2.08. The normalized spacial score (nSPS) is 10.8. The van der Waals surface area contributed by atoms with Gasteiger partial charge in [-0.3, -0.25) is 4.79 Å². The third kappa shape index (κ3) is 3.73. The van der Waals surface area contributed by atoms with Crippen molar-refractivity contribution in [3.05, 3.63) is 58.2 Å². The lowest BCUT2D eigenvalue weighted by atomic mass is 10.2. The first-order valence-corrected chi connectivity index (χ1v) is 6.04. The predicted molar refractivity (Wildman–Crippen MR) is 75.1 cm³/mol. The molecule has 108 valence electrons. The number of hydrogen-bond acceptors (Lipinski definition) is 4. The highest BCUT2D eigenvalue weighted by molar-refractivity contribution is 6.33. The van der Waals surface area contributed by atoms with Crippen molar-refractivity contribution in [3.63, 3.8) is 0 Å². The first-order chi connectivity index (χ1) is 9.97. The zero-order valence-corrected chi connectivity index (χ0v) is 11.2. The molecule has 0 aliphatic carbocycles. The number of carbonyl (C=O) groups is 1. The van der Waals surface area contributed by atoms with Gasteiger partial charge in [0, 0.05) is 11.8 Å². The van der Waals surface area contributed by atoms with E-state index in [2.05, 4.69) is 15.5 Å². The summed E-state index contributed by atoms with van der Waals surface area (Å²) in [7, 11) is 0. The molecule has 0 aliphatic heterocycles. The number of nitrogens with one attached hydrogen (secondary N) is 1. The average molecular weight is 311 g/mol. The maximum absolute atomic E-state index is 13.1. The maximum atomic E-state index is 13.1. The molecule has 2 rings (SSSR count). The summed E-state index contributed by atoms with van der Waals surface area (Å²) < 4.78 is 26.0. The molecule has 0 atom stereocenters. The fraction of sp³-hybridized carbons (Fsp3) is 0. The van der Waals surface area contributed by atoms with Crippen molar-refractivity contribution in [2.45, 2.75) is 0 Å². The lowest BCUT2D eigenvalue weighted by molar-refractivity contribution is 0.0954. The van der Waals surface area contributed by atoms with Gasteiger partial charge in [-0.2, -0.15) is 5.10 Å². The fourth-order valence-electron chi connectivity index (χ4n) is 1.42. The Bertz CT molecular complexity index is 704. The highest BCUT2D eigenvalue weighted by Crippen LogP contribution is 2.19. The Morgan fingerprint density at radius 2 is 2.05 bits per heavy atom. The maximum Gasteiger partial charge on any atom is 0.272 e. The van der Waals surface area contributed by atoms with Crippen LogP contribution in [0.2, 0.25) is 5.02 Å². The minimum Gasteiger partial charge on any atom is -0.384 e. The molecule has 0 fully saturated rings. The molecule has 1 heterocycles. The van der Waals surface area contributed by atoms with Crippen molar-refractivity contribution in [3.8, 4) is 0 Å². The molecule has 21 heavy (non-hydrogen) atoms. The first-order valence-electron chi connectivity index (χ1n) is 5.67. The molecule has 1 aromatic carbocycles. The summed E-state index contributed by atoms with van der Waals surface area (Å²) in [6, 6.07) is 4.63. The largest absolute Gasteiger partial charge is 0.384 e. The van der Waals surface area contributed by atoms with Gasteiger partial charge < -0.3 is 5.73 Å². The van der Waals surface area contributed by atoms with Crippen molar-refractivity contribution in [2.24, 2.45) is 5.10 Å². The number of amides is 1. The molecule has 0 aliphatic rings. The van der Waals surface area contributed by atoms with Gasteiger partial charge in [-0.25, -0.2) is 19.2 Å². The van der Waals surface area contributed by atoms with Crippen LogP contribution in [-0.2, 0) is 0 Å². The van der Waals surface area contributed by atoms with Crippen LogP contribution in [0.4, 0.5) is 14.6 Å². The van der Waals surface area contributed by atoms with E-state index >= 15 is 0 Å². The Morgan fingerprint density at radius 3 is 2.71 bits per heavy atom. The van der Waals surface area contributed by atoms with E-state index in [1.807, 2.05) is 0 Å². The van der Waals surface area contributed by atoms with Crippen LogP contribution in [0.15, 0.2) is 35.6 Å². The van der Waals surface area contributed by atoms with Crippen LogP contribution >= 0.6 is 11.6 Å². The van der Waals surface area contributed by atoms with E-state index in [9.17, 15) is 13.6 Å². The molecule has 0 bridgehead atoms. The molecule has 5 nitrogen and oxygen atoms in total. The number of benzene rings is 1. The number of hydrogen-bond donors (Lipinski definition) is 2. The number of carbonyl (C=O) groups excluding carboxylic acids is 1. The van der Waals surface area contributed by atoms with Gasteiger partial charge in [0.1, 0.15) is 5.82 Å². The van der Waals surface area contributed by atoms with Crippen LogP contribution in [0, 0.1) is 11.6 Å². The second-order valence-corrected chi connectivity index (χ2v) is 4.37. The van der Waals surface area contributed by atoms with Gasteiger partial charge in [0.25, 0.3) is 5.91 Å². The summed E-state index contributed by atoms with van der Waals surface area (Å²) in [5, 5.41) is 3.45. The van der Waals surface area contributed by atoms with Gasteiger partial charge in [0.2, 0.25) is 0 Å². The monoisotopic (exact) mass is 310 g/mol. The van der Waals surface area contributed by atoms with Crippen molar-refractivity contribution in [1.82, 2.24) is 10.4 Å². The lowest BCUT2D eigenvalue weighted by Gasteiger charge is -2.03. The molecule has 1 aromatic heterocycles. The Labute approximate surface area is 123 Å². The second-order valence-electron chi connectivity index (χ2n) is 3.96. The number of rotatable bonds is 3. The zero-order chi connectivity index (χ0) is 15.4. The first kappa shape index (κ1) is 14.9. The van der Waals surface area contributed by atoms with Gasteiger partial charge in [0.15, 0.2) is 11.6 Å². The minimum atomic E-state index is -1.17. The number of halogens is 3. The Morgan fingerprint density at radius 1 is 1.33 bits per heavy atom. The summed E-state index contributed by atoms with van der Waals surface area (Å²) in [6.45, 7) is 0. The number of nitrogens with two attached hydrogens (primary N) is 1. The summed E-state index contributed by atoms with van der Waals surface area (Å²) in [5.41, 5.74) is 7.94. The highest BCUT2D eigenvalue weighted by atomic mass is 35.5. The molecule has 2 aromatic rings. The molecule has 8 heteroatoms. The van der Waals surface area contributed by atoms with Crippen LogP contribution in [-0.4, -0.2) is 17.1 Å². The number of nitrogen functional groups attached to an aromatic ring is 1. The number of pyridine rings is 1. The standard InChI is InChI=1S/C13H9ClF2N4O/c14-9-4-11(16)10(15)3-8(9)13(21)20-19-6-7-1-2-12(17)18-5-7/h1-6H,(H2,17,18)(H,20,21)/b19-6+. The Kier molecular flexibility index (Phi) is 4.44. The van der Waals surface area contributed by atoms with Gasteiger partial charge in [0.05, 0.1) is 16.8 Å². The summed E-state index contributed by atoms with van der Waals surface area (Å²) in [6.07, 6.45) is 2.77. The van der Waals surface area contributed by atoms with E-state index < -0.39 is 17.5 Å². The third-order valence-corrected chi connectivity index (χ3v) is 2.76. The number of anilines is 1. The van der Waals surface area contributed by atoms with E-state index in [0.29, 0.717) is 17.4 Å². The van der Waals surface area contributed by atoms with Crippen LogP contribution in [0.5, 0.6) is 0 Å². The highest BCUT2D eigenvalue weighted by Gasteiger charge is 2.14. The summed E-state index contributed by atoms with van der Waals surface area (Å²) in [4.78, 5) is 15.6. The molecule has 0 unspecified atom stereocenters. The van der Waals surface area contributed by atoms with Crippen LogP contribution in [0.25, 0.3) is 0 Å². The summed E-state index contributed by atoms with van der Waals surface area (Å²) >= 11 is 5.67. The molecule has 0 spiro atoms. The second kappa shape index (κ2) is 6.27. The topological polar surface area (TPSA) is 80.4 Å². The van der Waals surface area contributed by atoms with E-state index in [1.54, 1.807) is 12.1 Å². The van der Waals surface area contributed by atoms with Gasteiger partial charge in [-0.15, -0.1) is 0 Å². The molecule has 3 N–H and O–H groups in total. The average Bonchev–Trinajstić information content (AvgIpc) is 2.45. The summed E-state index contributed by atoms with van der Waals surface area (Å²) in [5.74, 6) is -2.72. The van der Waals surface area contributed by atoms with Crippen LogP contribution in [0.1, 0.15) is 15.9 Å². The van der Waals surface area contributed by atoms with Crippen molar-refractivity contribution in [2.75, 3.05) is 5.73 Å². The zero-order valence-electron chi connectivity index (χ0n) is 10.5. The number of hydrazone groups is 1. The van der Waals surface area contributed by atoms with Gasteiger partial charge in [-0.1, -0.05) is 11.6 Å². The van der Waals surface area contributed by atoms with E-state index in [0.717, 1.165) is 6.07 Å². The fourth-order valence-corrected chi connectivity index (χ4v) is 1.65. The van der Waals surface area contributed by atoms with Crippen molar-refractivity contribution < 1.29 is 13.6 Å².